The van der Waals surface area contributed by atoms with Crippen molar-refractivity contribution in [2.75, 3.05) is 18.2 Å². The predicted octanol–water partition coefficient (Wildman–Crippen LogP) is 4.18. The molecule has 0 aliphatic carbocycles. The fourth-order valence-electron chi connectivity index (χ4n) is 2.98. The molecule has 172 valence electrons. The second kappa shape index (κ2) is 11.3. The minimum Gasteiger partial charge on any atom is -0.485 e. The van der Waals surface area contributed by atoms with Crippen molar-refractivity contribution >= 4 is 29.3 Å². The van der Waals surface area contributed by atoms with Crippen molar-refractivity contribution in [3.8, 4) is 5.75 Å². The van der Waals surface area contributed by atoms with Crippen LogP contribution in [-0.2, 0) is 22.7 Å². The Hall–Kier alpha value is -3.59. The Kier molecular flexibility index (Phi) is 8.26. The first kappa shape index (κ1) is 24.1. The SMILES string of the molecule is C=CCn1c(COc2cc(C)ccc2C)nnc1SCC(=O)Nc1ccc(C(=O)OC)cc1. The molecule has 0 spiro atoms. The highest BCUT2D eigenvalue weighted by Crippen LogP contribution is 2.22. The topological polar surface area (TPSA) is 95.3 Å². The number of benzene rings is 2. The Bertz CT molecular complexity index is 1140. The van der Waals surface area contributed by atoms with Crippen molar-refractivity contribution in [1.29, 1.82) is 0 Å². The summed E-state index contributed by atoms with van der Waals surface area (Å²) >= 11 is 1.27. The van der Waals surface area contributed by atoms with E-state index in [-0.39, 0.29) is 18.3 Å². The van der Waals surface area contributed by atoms with E-state index < -0.39 is 5.97 Å². The number of aromatic nitrogens is 3. The minimum absolute atomic E-state index is 0.145. The second-order valence-corrected chi connectivity index (χ2v) is 8.20. The van der Waals surface area contributed by atoms with Crippen LogP contribution < -0.4 is 10.1 Å². The van der Waals surface area contributed by atoms with Gasteiger partial charge in [-0.15, -0.1) is 16.8 Å². The first-order valence-corrected chi connectivity index (χ1v) is 11.2. The normalized spacial score (nSPS) is 10.5. The summed E-state index contributed by atoms with van der Waals surface area (Å²) in [5.74, 6) is 0.966. The number of carbonyl (C=O) groups is 2. The zero-order valence-electron chi connectivity index (χ0n) is 18.8. The Morgan fingerprint density at radius 3 is 2.61 bits per heavy atom. The molecule has 1 N–H and O–H groups in total. The van der Waals surface area contributed by atoms with E-state index in [1.54, 1.807) is 30.3 Å². The molecule has 0 saturated heterocycles. The second-order valence-electron chi connectivity index (χ2n) is 7.26. The summed E-state index contributed by atoms with van der Waals surface area (Å²) in [7, 11) is 1.32. The van der Waals surface area contributed by atoms with Gasteiger partial charge in [-0.1, -0.05) is 30.0 Å². The molecule has 0 fully saturated rings. The third-order valence-electron chi connectivity index (χ3n) is 4.73. The molecule has 9 heteroatoms. The standard InChI is InChI=1S/C24H26N4O4S/c1-5-12-28-21(14-32-20-13-16(2)6-7-17(20)3)26-27-24(28)33-15-22(29)25-19-10-8-18(9-11-19)23(30)31-4/h5-11,13H,1,12,14-15H2,2-4H3,(H,25,29). The highest BCUT2D eigenvalue weighted by Gasteiger charge is 2.15. The van der Waals surface area contributed by atoms with Crippen molar-refractivity contribution in [2.45, 2.75) is 32.2 Å². The van der Waals surface area contributed by atoms with Crippen LogP contribution >= 0.6 is 11.8 Å². The largest absolute Gasteiger partial charge is 0.485 e. The van der Waals surface area contributed by atoms with Gasteiger partial charge in [0.1, 0.15) is 12.4 Å². The number of esters is 1. The fourth-order valence-corrected chi connectivity index (χ4v) is 3.75. The van der Waals surface area contributed by atoms with Crippen LogP contribution in [0, 0.1) is 13.8 Å². The summed E-state index contributed by atoms with van der Waals surface area (Å²) in [5.41, 5.74) is 3.16. The lowest BCUT2D eigenvalue weighted by molar-refractivity contribution is -0.113. The number of nitrogens with one attached hydrogen (secondary N) is 1. The van der Waals surface area contributed by atoms with Gasteiger partial charge in [0.2, 0.25) is 5.91 Å². The molecule has 33 heavy (non-hydrogen) atoms. The number of rotatable bonds is 10. The number of methoxy groups -OCH3 is 1. The van der Waals surface area contributed by atoms with E-state index >= 15 is 0 Å². The lowest BCUT2D eigenvalue weighted by atomic mass is 10.1. The van der Waals surface area contributed by atoms with Crippen molar-refractivity contribution < 1.29 is 19.1 Å². The maximum absolute atomic E-state index is 12.4. The summed E-state index contributed by atoms with van der Waals surface area (Å²) in [6.45, 7) is 8.56. The van der Waals surface area contributed by atoms with Gasteiger partial charge in [-0.2, -0.15) is 0 Å². The number of thioether (sulfide) groups is 1. The number of nitrogens with zero attached hydrogens (tertiary/aromatic N) is 3. The Labute approximate surface area is 197 Å². The molecule has 3 aromatic rings. The number of ether oxygens (including phenoxy) is 2. The molecule has 1 amide bonds. The van der Waals surface area contributed by atoms with Gasteiger partial charge in [-0.3, -0.25) is 9.36 Å². The van der Waals surface area contributed by atoms with E-state index in [0.29, 0.717) is 28.8 Å². The summed E-state index contributed by atoms with van der Waals surface area (Å²) in [6.07, 6.45) is 1.75. The molecular formula is C24H26N4O4S. The van der Waals surface area contributed by atoms with Crippen molar-refractivity contribution in [3.05, 3.63) is 77.6 Å². The molecular weight excluding hydrogens is 440 g/mol. The Balaban J connectivity index is 1.60. The average molecular weight is 467 g/mol. The molecule has 0 atom stereocenters. The third-order valence-corrected chi connectivity index (χ3v) is 5.69. The van der Waals surface area contributed by atoms with Gasteiger partial charge in [0.05, 0.1) is 18.4 Å². The number of carbonyl (C=O) groups excluding carboxylic acids is 2. The molecule has 0 bridgehead atoms. The van der Waals surface area contributed by atoms with Gasteiger partial charge in [0.15, 0.2) is 11.0 Å². The van der Waals surface area contributed by atoms with Crippen LogP contribution in [0.4, 0.5) is 5.69 Å². The molecule has 8 nitrogen and oxygen atoms in total. The molecule has 0 radical (unpaired) electrons. The molecule has 0 unspecified atom stereocenters. The van der Waals surface area contributed by atoms with E-state index in [0.717, 1.165) is 16.9 Å². The Morgan fingerprint density at radius 1 is 1.15 bits per heavy atom. The van der Waals surface area contributed by atoms with Crippen molar-refractivity contribution in [2.24, 2.45) is 0 Å². The van der Waals surface area contributed by atoms with Gasteiger partial charge >= 0.3 is 5.97 Å². The van der Waals surface area contributed by atoms with Gasteiger partial charge in [-0.25, -0.2) is 4.79 Å². The zero-order chi connectivity index (χ0) is 23.8. The molecule has 1 aromatic heterocycles. The van der Waals surface area contributed by atoms with Crippen LogP contribution in [0.2, 0.25) is 0 Å². The van der Waals surface area contributed by atoms with E-state index in [2.05, 4.69) is 26.8 Å². The average Bonchev–Trinajstić information content (AvgIpc) is 3.20. The fraction of sp³-hybridized carbons (Fsp3) is 0.250. The first-order chi connectivity index (χ1) is 15.9. The first-order valence-electron chi connectivity index (χ1n) is 10.2. The smallest absolute Gasteiger partial charge is 0.337 e. The number of aryl methyl sites for hydroxylation is 2. The van der Waals surface area contributed by atoms with Crippen molar-refractivity contribution in [3.63, 3.8) is 0 Å². The van der Waals surface area contributed by atoms with Gasteiger partial charge in [0, 0.05) is 12.2 Å². The molecule has 0 aliphatic rings. The van der Waals surface area contributed by atoms with E-state index in [1.807, 2.05) is 36.6 Å². The van der Waals surface area contributed by atoms with Gasteiger partial charge < -0.3 is 14.8 Å². The highest BCUT2D eigenvalue weighted by molar-refractivity contribution is 7.99. The molecule has 3 rings (SSSR count). The lowest BCUT2D eigenvalue weighted by Gasteiger charge is -2.11. The molecule has 0 saturated carbocycles. The van der Waals surface area contributed by atoms with E-state index in [1.165, 1.54) is 18.9 Å². The van der Waals surface area contributed by atoms with Crippen LogP contribution in [-0.4, -0.2) is 39.5 Å². The maximum atomic E-state index is 12.4. The predicted molar refractivity (Wildman–Crippen MR) is 128 cm³/mol. The maximum Gasteiger partial charge on any atom is 0.337 e. The van der Waals surface area contributed by atoms with E-state index in [4.69, 9.17) is 4.74 Å². The number of hydrogen-bond donors (Lipinski definition) is 1. The summed E-state index contributed by atoms with van der Waals surface area (Å²) in [5, 5.41) is 11.9. The monoisotopic (exact) mass is 466 g/mol. The molecule has 1 heterocycles. The Morgan fingerprint density at radius 2 is 1.91 bits per heavy atom. The highest BCUT2D eigenvalue weighted by atomic mass is 32.2. The van der Waals surface area contributed by atoms with Gasteiger partial charge in [0.25, 0.3) is 0 Å². The third kappa shape index (κ3) is 6.45. The van der Waals surface area contributed by atoms with Crippen LogP contribution in [0.5, 0.6) is 5.75 Å². The van der Waals surface area contributed by atoms with Crippen molar-refractivity contribution in [1.82, 2.24) is 14.8 Å². The van der Waals surface area contributed by atoms with Crippen LogP contribution in [0.1, 0.15) is 27.3 Å². The summed E-state index contributed by atoms with van der Waals surface area (Å²) in [6, 6.07) is 12.5. The van der Waals surface area contributed by atoms with E-state index in [9.17, 15) is 9.59 Å². The molecule has 0 aliphatic heterocycles. The number of anilines is 1. The number of amides is 1. The zero-order valence-corrected chi connectivity index (χ0v) is 19.6. The summed E-state index contributed by atoms with van der Waals surface area (Å²) in [4.78, 5) is 23.9. The van der Waals surface area contributed by atoms with Crippen LogP contribution in [0.3, 0.4) is 0 Å². The van der Waals surface area contributed by atoms with Crippen LogP contribution in [0.25, 0.3) is 0 Å². The number of hydrogen-bond acceptors (Lipinski definition) is 7. The lowest BCUT2D eigenvalue weighted by Crippen LogP contribution is -2.15. The quantitative estimate of drug-likeness (QED) is 0.272. The molecule has 2 aromatic carbocycles. The minimum atomic E-state index is -0.428. The number of allylic oxidation sites excluding steroid dienone is 1. The van der Waals surface area contributed by atoms with Gasteiger partial charge in [-0.05, 0) is 55.3 Å². The summed E-state index contributed by atoms with van der Waals surface area (Å²) < 4.78 is 12.5. The van der Waals surface area contributed by atoms with Crippen LogP contribution in [0.15, 0.2) is 60.3 Å².